The van der Waals surface area contributed by atoms with E-state index >= 15 is 0 Å². The average molecular weight is 293 g/mol. The topological polar surface area (TPSA) is 94.5 Å². The average Bonchev–Trinajstić information content (AvgIpc) is 2.89. The maximum atomic E-state index is 12.0. The summed E-state index contributed by atoms with van der Waals surface area (Å²) in [6.07, 6.45) is 0. The molecular formula is C13H15N3O3S. The molecule has 2 rings (SSSR count). The molecule has 1 heterocycles. The number of anilines is 1. The number of hydrogen-bond acceptors (Lipinski definition) is 6. The predicted molar refractivity (Wildman–Crippen MR) is 77.3 cm³/mol. The van der Waals surface area contributed by atoms with Gasteiger partial charge in [0.05, 0.1) is 11.3 Å². The standard InChI is InChI=1S/C13H15N3O3S/c1-7(14-2)10-6-20-13(15-10)16-12(19)9-5-8(17)3-4-11(9)18/h3-7,14,17-18H,1-2H3,(H,15,16,19). The molecule has 0 radical (unpaired) electrons. The van der Waals surface area contributed by atoms with Gasteiger partial charge in [-0.15, -0.1) is 11.3 Å². The van der Waals surface area contributed by atoms with Gasteiger partial charge in [0.25, 0.3) is 5.91 Å². The third-order valence-corrected chi connectivity index (χ3v) is 3.62. The van der Waals surface area contributed by atoms with Crippen molar-refractivity contribution in [2.24, 2.45) is 0 Å². The molecule has 0 aliphatic rings. The number of aromatic nitrogens is 1. The Balaban J connectivity index is 2.15. The van der Waals surface area contributed by atoms with Crippen LogP contribution in [0, 0.1) is 0 Å². The van der Waals surface area contributed by atoms with E-state index in [1.807, 2.05) is 19.4 Å². The molecule has 4 N–H and O–H groups in total. The Morgan fingerprint density at radius 2 is 2.15 bits per heavy atom. The largest absolute Gasteiger partial charge is 0.508 e. The van der Waals surface area contributed by atoms with E-state index in [1.54, 1.807) is 0 Å². The fourth-order valence-corrected chi connectivity index (χ4v) is 2.36. The number of phenolic OH excluding ortho intramolecular Hbond substituents is 2. The zero-order valence-corrected chi connectivity index (χ0v) is 11.9. The summed E-state index contributed by atoms with van der Waals surface area (Å²) in [5, 5.41) is 26.9. The summed E-state index contributed by atoms with van der Waals surface area (Å²) in [5.41, 5.74) is 0.830. The summed E-state index contributed by atoms with van der Waals surface area (Å²) in [5.74, 6) is -0.798. The highest BCUT2D eigenvalue weighted by atomic mass is 32.1. The number of hydrogen-bond donors (Lipinski definition) is 4. The lowest BCUT2D eigenvalue weighted by Gasteiger charge is -2.06. The maximum Gasteiger partial charge on any atom is 0.261 e. The van der Waals surface area contributed by atoms with E-state index < -0.39 is 5.91 Å². The van der Waals surface area contributed by atoms with E-state index in [0.29, 0.717) is 5.13 Å². The molecule has 7 heteroatoms. The Morgan fingerprint density at radius 3 is 2.85 bits per heavy atom. The molecule has 2 aromatic rings. The first-order valence-electron chi connectivity index (χ1n) is 5.97. The zero-order valence-electron chi connectivity index (χ0n) is 11.0. The molecule has 106 valence electrons. The van der Waals surface area contributed by atoms with Crippen LogP contribution in [0.3, 0.4) is 0 Å². The Morgan fingerprint density at radius 1 is 1.40 bits per heavy atom. The van der Waals surface area contributed by atoms with Gasteiger partial charge in [-0.05, 0) is 32.2 Å². The van der Waals surface area contributed by atoms with E-state index in [-0.39, 0.29) is 23.1 Å². The van der Waals surface area contributed by atoms with Crippen LogP contribution in [-0.4, -0.2) is 28.2 Å². The van der Waals surface area contributed by atoms with Crippen LogP contribution in [0.5, 0.6) is 11.5 Å². The summed E-state index contributed by atoms with van der Waals surface area (Å²) in [6, 6.07) is 3.86. The molecule has 1 atom stereocenters. The molecule has 6 nitrogen and oxygen atoms in total. The second-order valence-electron chi connectivity index (χ2n) is 4.24. The minimum atomic E-state index is -0.517. The van der Waals surface area contributed by atoms with Gasteiger partial charge < -0.3 is 15.5 Å². The molecule has 20 heavy (non-hydrogen) atoms. The van der Waals surface area contributed by atoms with Crippen molar-refractivity contribution in [3.8, 4) is 11.5 Å². The van der Waals surface area contributed by atoms with Crippen molar-refractivity contribution in [3.63, 3.8) is 0 Å². The number of phenols is 2. The molecular weight excluding hydrogens is 278 g/mol. The second-order valence-corrected chi connectivity index (χ2v) is 5.10. The number of nitrogens with one attached hydrogen (secondary N) is 2. The number of aromatic hydroxyl groups is 2. The minimum absolute atomic E-state index is 0.00316. The van der Waals surface area contributed by atoms with Crippen LogP contribution in [0.4, 0.5) is 5.13 Å². The van der Waals surface area contributed by atoms with Gasteiger partial charge in [0.15, 0.2) is 5.13 Å². The summed E-state index contributed by atoms with van der Waals surface area (Å²) in [7, 11) is 1.83. The van der Waals surface area contributed by atoms with Crippen LogP contribution < -0.4 is 10.6 Å². The van der Waals surface area contributed by atoms with Gasteiger partial charge in [0.2, 0.25) is 0 Å². The molecule has 1 aromatic heterocycles. The fourth-order valence-electron chi connectivity index (χ4n) is 1.56. The molecule has 1 aromatic carbocycles. The van der Waals surface area contributed by atoms with Crippen molar-refractivity contribution in [2.45, 2.75) is 13.0 Å². The number of carbonyl (C=O) groups is 1. The van der Waals surface area contributed by atoms with Gasteiger partial charge in [-0.3, -0.25) is 10.1 Å². The highest BCUT2D eigenvalue weighted by Crippen LogP contribution is 2.25. The maximum absolute atomic E-state index is 12.0. The smallest absolute Gasteiger partial charge is 0.261 e. The van der Waals surface area contributed by atoms with Crippen molar-refractivity contribution < 1.29 is 15.0 Å². The molecule has 0 saturated carbocycles. The third-order valence-electron chi connectivity index (χ3n) is 2.84. The van der Waals surface area contributed by atoms with Gasteiger partial charge in [-0.1, -0.05) is 0 Å². The predicted octanol–water partition coefficient (Wildman–Crippen LogP) is 2.09. The Hall–Kier alpha value is -2.12. The van der Waals surface area contributed by atoms with Gasteiger partial charge in [0, 0.05) is 11.4 Å². The van der Waals surface area contributed by atoms with Gasteiger partial charge >= 0.3 is 0 Å². The SMILES string of the molecule is CNC(C)c1csc(NC(=O)c2cc(O)ccc2O)n1. The number of nitrogens with zero attached hydrogens (tertiary/aromatic N) is 1. The quantitative estimate of drug-likeness (QED) is 0.648. The van der Waals surface area contributed by atoms with Crippen molar-refractivity contribution in [2.75, 3.05) is 12.4 Å². The van der Waals surface area contributed by atoms with Crippen molar-refractivity contribution in [1.82, 2.24) is 10.3 Å². The van der Waals surface area contributed by atoms with E-state index in [9.17, 15) is 15.0 Å². The lowest BCUT2D eigenvalue weighted by molar-refractivity contribution is 0.102. The first-order chi connectivity index (χ1) is 9.51. The van der Waals surface area contributed by atoms with Crippen LogP contribution >= 0.6 is 11.3 Å². The minimum Gasteiger partial charge on any atom is -0.508 e. The summed E-state index contributed by atoms with van der Waals surface area (Å²) < 4.78 is 0. The lowest BCUT2D eigenvalue weighted by Crippen LogP contribution is -2.14. The molecule has 0 aliphatic carbocycles. The normalized spacial score (nSPS) is 12.1. The molecule has 1 unspecified atom stereocenters. The van der Waals surface area contributed by atoms with Crippen LogP contribution in [-0.2, 0) is 0 Å². The molecule has 1 amide bonds. The summed E-state index contributed by atoms with van der Waals surface area (Å²) in [6.45, 7) is 1.96. The molecule has 0 spiro atoms. The van der Waals surface area contributed by atoms with Gasteiger partial charge in [-0.2, -0.15) is 0 Å². The number of rotatable bonds is 4. The fraction of sp³-hybridized carbons (Fsp3) is 0.231. The van der Waals surface area contributed by atoms with Crippen molar-refractivity contribution in [3.05, 3.63) is 34.8 Å². The van der Waals surface area contributed by atoms with Crippen LogP contribution in [0.2, 0.25) is 0 Å². The van der Waals surface area contributed by atoms with Crippen LogP contribution in [0.1, 0.15) is 29.0 Å². The Kier molecular flexibility index (Phi) is 4.21. The molecule has 0 saturated heterocycles. The highest BCUT2D eigenvalue weighted by Gasteiger charge is 2.15. The first-order valence-corrected chi connectivity index (χ1v) is 6.85. The summed E-state index contributed by atoms with van der Waals surface area (Å²) >= 11 is 1.30. The third kappa shape index (κ3) is 3.06. The van der Waals surface area contributed by atoms with E-state index in [4.69, 9.17) is 0 Å². The highest BCUT2D eigenvalue weighted by molar-refractivity contribution is 7.14. The number of thiazole rings is 1. The van der Waals surface area contributed by atoms with E-state index in [1.165, 1.54) is 29.5 Å². The van der Waals surface area contributed by atoms with Crippen molar-refractivity contribution >= 4 is 22.4 Å². The first kappa shape index (κ1) is 14.3. The second kappa shape index (κ2) is 5.89. The van der Waals surface area contributed by atoms with E-state index in [0.717, 1.165) is 5.69 Å². The number of carbonyl (C=O) groups excluding carboxylic acids is 1. The van der Waals surface area contributed by atoms with Crippen LogP contribution in [0.25, 0.3) is 0 Å². The Bertz CT molecular complexity index is 627. The van der Waals surface area contributed by atoms with Gasteiger partial charge in [0.1, 0.15) is 11.5 Å². The van der Waals surface area contributed by atoms with Crippen molar-refractivity contribution in [1.29, 1.82) is 0 Å². The molecule has 0 aliphatic heterocycles. The monoisotopic (exact) mass is 293 g/mol. The molecule has 0 fully saturated rings. The lowest BCUT2D eigenvalue weighted by atomic mass is 10.2. The number of amides is 1. The van der Waals surface area contributed by atoms with Crippen LogP contribution in [0.15, 0.2) is 23.6 Å². The molecule has 0 bridgehead atoms. The number of benzene rings is 1. The summed E-state index contributed by atoms with van der Waals surface area (Å²) in [4.78, 5) is 16.3. The van der Waals surface area contributed by atoms with E-state index in [2.05, 4.69) is 15.6 Å². The van der Waals surface area contributed by atoms with Gasteiger partial charge in [-0.25, -0.2) is 4.98 Å². The Labute approximate surface area is 120 Å². The zero-order chi connectivity index (χ0) is 14.7.